The van der Waals surface area contributed by atoms with Crippen LogP contribution in [0.15, 0.2) is 36.7 Å². The smallest absolute Gasteiger partial charge is 0.137 e. The SMILES string of the molecule is Cc1ccc(CCC(=O)Cc2cnn(C)c2)cc1. The van der Waals surface area contributed by atoms with Crippen molar-refractivity contribution >= 4 is 5.78 Å². The van der Waals surface area contributed by atoms with Crippen molar-refractivity contribution < 1.29 is 4.79 Å². The molecule has 0 saturated carbocycles. The van der Waals surface area contributed by atoms with Crippen LogP contribution in [0.2, 0.25) is 0 Å². The van der Waals surface area contributed by atoms with E-state index in [0.717, 1.165) is 12.0 Å². The highest BCUT2D eigenvalue weighted by molar-refractivity contribution is 5.80. The zero-order chi connectivity index (χ0) is 13.0. The highest BCUT2D eigenvalue weighted by Crippen LogP contribution is 2.08. The Morgan fingerprint density at radius 2 is 1.94 bits per heavy atom. The van der Waals surface area contributed by atoms with Crippen LogP contribution >= 0.6 is 0 Å². The lowest BCUT2D eigenvalue weighted by Crippen LogP contribution is -2.03. The molecule has 3 heteroatoms. The number of aromatic nitrogens is 2. The van der Waals surface area contributed by atoms with Crippen molar-refractivity contribution in [2.45, 2.75) is 26.2 Å². The molecule has 1 aromatic heterocycles. The molecule has 0 fully saturated rings. The Kier molecular flexibility index (Phi) is 3.92. The van der Waals surface area contributed by atoms with Gasteiger partial charge in [0.1, 0.15) is 5.78 Å². The Morgan fingerprint density at radius 1 is 1.22 bits per heavy atom. The molecule has 3 nitrogen and oxygen atoms in total. The molecular weight excluding hydrogens is 224 g/mol. The highest BCUT2D eigenvalue weighted by Gasteiger charge is 2.05. The fourth-order valence-corrected chi connectivity index (χ4v) is 1.92. The number of nitrogens with zero attached hydrogens (tertiary/aromatic N) is 2. The van der Waals surface area contributed by atoms with Crippen molar-refractivity contribution in [2.75, 3.05) is 0 Å². The summed E-state index contributed by atoms with van der Waals surface area (Å²) in [4.78, 5) is 11.8. The number of hydrogen-bond donors (Lipinski definition) is 0. The quantitative estimate of drug-likeness (QED) is 0.807. The van der Waals surface area contributed by atoms with Crippen LogP contribution in [0.25, 0.3) is 0 Å². The van der Waals surface area contributed by atoms with E-state index in [-0.39, 0.29) is 5.78 Å². The van der Waals surface area contributed by atoms with Crippen LogP contribution in [-0.4, -0.2) is 15.6 Å². The molecule has 0 radical (unpaired) electrons. The lowest BCUT2D eigenvalue weighted by atomic mass is 10.0. The predicted octanol–water partition coefficient (Wildman–Crippen LogP) is 2.47. The molecule has 1 aromatic carbocycles. The minimum Gasteiger partial charge on any atom is -0.299 e. The molecule has 0 aliphatic heterocycles. The summed E-state index contributed by atoms with van der Waals surface area (Å²) in [5, 5.41) is 4.06. The zero-order valence-electron chi connectivity index (χ0n) is 10.9. The first-order valence-corrected chi connectivity index (χ1v) is 6.18. The number of hydrogen-bond acceptors (Lipinski definition) is 2. The minimum atomic E-state index is 0.267. The third-order valence-electron chi connectivity index (χ3n) is 2.97. The second-order valence-corrected chi connectivity index (χ2v) is 4.72. The van der Waals surface area contributed by atoms with Gasteiger partial charge in [-0.05, 0) is 24.5 Å². The van der Waals surface area contributed by atoms with Gasteiger partial charge < -0.3 is 0 Å². The first kappa shape index (κ1) is 12.6. The van der Waals surface area contributed by atoms with Crippen LogP contribution < -0.4 is 0 Å². The van der Waals surface area contributed by atoms with Gasteiger partial charge in [0.25, 0.3) is 0 Å². The number of carbonyl (C=O) groups is 1. The molecule has 0 saturated heterocycles. The number of benzene rings is 1. The van der Waals surface area contributed by atoms with E-state index in [1.54, 1.807) is 10.9 Å². The van der Waals surface area contributed by atoms with E-state index in [9.17, 15) is 4.79 Å². The highest BCUT2D eigenvalue weighted by atomic mass is 16.1. The molecule has 0 unspecified atom stereocenters. The van der Waals surface area contributed by atoms with Gasteiger partial charge in [0.15, 0.2) is 0 Å². The molecule has 0 spiro atoms. The Labute approximate surface area is 107 Å². The van der Waals surface area contributed by atoms with E-state index in [1.807, 2.05) is 13.2 Å². The number of ketones is 1. The third-order valence-corrected chi connectivity index (χ3v) is 2.97. The Hall–Kier alpha value is -1.90. The van der Waals surface area contributed by atoms with Crippen LogP contribution in [0.5, 0.6) is 0 Å². The van der Waals surface area contributed by atoms with Crippen molar-refractivity contribution in [2.24, 2.45) is 7.05 Å². The number of Topliss-reactive ketones (excluding diaryl/α,β-unsaturated/α-hetero) is 1. The maximum Gasteiger partial charge on any atom is 0.137 e. The van der Waals surface area contributed by atoms with Gasteiger partial charge in [-0.15, -0.1) is 0 Å². The van der Waals surface area contributed by atoms with Crippen LogP contribution in [0.4, 0.5) is 0 Å². The Balaban J connectivity index is 1.83. The summed E-state index contributed by atoms with van der Waals surface area (Å²) in [5.41, 5.74) is 3.46. The summed E-state index contributed by atoms with van der Waals surface area (Å²) >= 11 is 0. The minimum absolute atomic E-state index is 0.267. The molecule has 2 rings (SSSR count). The summed E-state index contributed by atoms with van der Waals surface area (Å²) in [7, 11) is 1.86. The van der Waals surface area contributed by atoms with Crippen molar-refractivity contribution in [3.05, 3.63) is 53.3 Å². The second-order valence-electron chi connectivity index (χ2n) is 4.72. The zero-order valence-corrected chi connectivity index (χ0v) is 10.9. The standard InChI is InChI=1S/C15H18N2O/c1-12-3-5-13(6-4-12)7-8-15(18)9-14-10-16-17(2)11-14/h3-6,10-11H,7-9H2,1-2H3. The fraction of sp³-hybridized carbons (Fsp3) is 0.333. The van der Waals surface area contributed by atoms with Crippen LogP contribution in [0.1, 0.15) is 23.1 Å². The third kappa shape index (κ3) is 3.55. The first-order chi connectivity index (χ1) is 8.63. The van der Waals surface area contributed by atoms with E-state index in [4.69, 9.17) is 0 Å². The molecule has 0 amide bonds. The number of aryl methyl sites for hydroxylation is 3. The monoisotopic (exact) mass is 242 g/mol. The van der Waals surface area contributed by atoms with Crippen LogP contribution in [0.3, 0.4) is 0 Å². The fourth-order valence-electron chi connectivity index (χ4n) is 1.92. The van der Waals surface area contributed by atoms with Crippen LogP contribution in [-0.2, 0) is 24.7 Å². The van der Waals surface area contributed by atoms with Crippen molar-refractivity contribution in [3.8, 4) is 0 Å². The van der Waals surface area contributed by atoms with E-state index in [1.165, 1.54) is 11.1 Å². The summed E-state index contributed by atoms with van der Waals surface area (Å²) in [6, 6.07) is 8.35. The molecule has 2 aromatic rings. The van der Waals surface area contributed by atoms with E-state index < -0.39 is 0 Å². The molecular formula is C15H18N2O. The Morgan fingerprint density at radius 3 is 2.56 bits per heavy atom. The maximum atomic E-state index is 11.8. The van der Waals surface area contributed by atoms with E-state index >= 15 is 0 Å². The maximum absolute atomic E-state index is 11.8. The van der Waals surface area contributed by atoms with E-state index in [2.05, 4.69) is 36.3 Å². The molecule has 94 valence electrons. The molecule has 0 aliphatic carbocycles. The van der Waals surface area contributed by atoms with Gasteiger partial charge in [0.05, 0.1) is 6.20 Å². The van der Waals surface area contributed by atoms with Crippen molar-refractivity contribution in [1.82, 2.24) is 9.78 Å². The van der Waals surface area contributed by atoms with Crippen LogP contribution in [0, 0.1) is 6.92 Å². The van der Waals surface area contributed by atoms with Gasteiger partial charge in [0, 0.05) is 26.1 Å². The summed E-state index contributed by atoms with van der Waals surface area (Å²) in [6.07, 6.45) is 5.55. The Bertz CT molecular complexity index is 526. The average Bonchev–Trinajstić information content (AvgIpc) is 2.74. The van der Waals surface area contributed by atoms with Gasteiger partial charge in [0.2, 0.25) is 0 Å². The summed E-state index contributed by atoms with van der Waals surface area (Å²) in [6.45, 7) is 2.07. The summed E-state index contributed by atoms with van der Waals surface area (Å²) in [5.74, 6) is 0.267. The lowest BCUT2D eigenvalue weighted by molar-refractivity contribution is -0.118. The largest absolute Gasteiger partial charge is 0.299 e. The number of carbonyl (C=O) groups excluding carboxylic acids is 1. The van der Waals surface area contributed by atoms with Gasteiger partial charge in [-0.3, -0.25) is 9.48 Å². The van der Waals surface area contributed by atoms with Gasteiger partial charge in [-0.25, -0.2) is 0 Å². The van der Waals surface area contributed by atoms with Gasteiger partial charge >= 0.3 is 0 Å². The van der Waals surface area contributed by atoms with E-state index in [0.29, 0.717) is 12.8 Å². The lowest BCUT2D eigenvalue weighted by Gasteiger charge is -2.01. The molecule has 0 aliphatic rings. The molecule has 0 bridgehead atoms. The molecule has 1 heterocycles. The summed E-state index contributed by atoms with van der Waals surface area (Å²) < 4.78 is 1.72. The second kappa shape index (κ2) is 5.63. The predicted molar refractivity (Wildman–Crippen MR) is 71.4 cm³/mol. The molecule has 18 heavy (non-hydrogen) atoms. The molecule has 0 N–H and O–H groups in total. The first-order valence-electron chi connectivity index (χ1n) is 6.18. The number of rotatable bonds is 5. The normalized spacial score (nSPS) is 10.6. The topological polar surface area (TPSA) is 34.9 Å². The molecule has 0 atom stereocenters. The van der Waals surface area contributed by atoms with Crippen molar-refractivity contribution in [1.29, 1.82) is 0 Å². The van der Waals surface area contributed by atoms with Gasteiger partial charge in [-0.1, -0.05) is 29.8 Å². The van der Waals surface area contributed by atoms with Crippen molar-refractivity contribution in [3.63, 3.8) is 0 Å². The van der Waals surface area contributed by atoms with Gasteiger partial charge in [-0.2, -0.15) is 5.10 Å². The average molecular weight is 242 g/mol.